The Kier molecular flexibility index (Phi) is 6.01. The molecule has 0 aliphatic heterocycles. The Balaban J connectivity index is 1.38. The first-order valence-corrected chi connectivity index (χ1v) is 11.9. The lowest BCUT2D eigenvalue weighted by Gasteiger charge is -2.05. The van der Waals surface area contributed by atoms with Crippen molar-refractivity contribution in [1.29, 1.82) is 0 Å². The summed E-state index contributed by atoms with van der Waals surface area (Å²) in [5, 5.41) is 15.1. The largest absolute Gasteiger partial charge is 0.494 e. The van der Waals surface area contributed by atoms with E-state index in [2.05, 4.69) is 17.1 Å². The van der Waals surface area contributed by atoms with Gasteiger partial charge in [0, 0.05) is 28.7 Å². The van der Waals surface area contributed by atoms with Gasteiger partial charge in [-0.1, -0.05) is 48.8 Å². The van der Waals surface area contributed by atoms with Crippen LogP contribution in [0.1, 0.15) is 25.3 Å². The number of unbranched alkanes of at least 4 members (excludes halogenated alkanes) is 1. The van der Waals surface area contributed by atoms with Crippen molar-refractivity contribution in [2.24, 2.45) is 0 Å². The van der Waals surface area contributed by atoms with E-state index in [4.69, 9.17) is 21.4 Å². The minimum absolute atomic E-state index is 0.740. The zero-order valence-corrected chi connectivity index (χ0v) is 19.2. The van der Waals surface area contributed by atoms with Crippen LogP contribution in [0.4, 0.5) is 0 Å². The van der Waals surface area contributed by atoms with Gasteiger partial charge in [-0.15, -0.1) is 10.2 Å². The molecule has 0 bridgehead atoms. The molecule has 3 heterocycles. The van der Waals surface area contributed by atoms with Crippen LogP contribution >= 0.6 is 23.4 Å². The first kappa shape index (κ1) is 20.8. The van der Waals surface area contributed by atoms with Gasteiger partial charge in [0.25, 0.3) is 0 Å². The highest BCUT2D eigenvalue weighted by molar-refractivity contribution is 7.98. The lowest BCUT2D eigenvalue weighted by atomic mass is 10.1. The predicted octanol–water partition coefficient (Wildman–Crippen LogP) is 6.17. The fourth-order valence-electron chi connectivity index (χ4n) is 3.42. The number of hydrogen-bond acceptors (Lipinski definition) is 5. The van der Waals surface area contributed by atoms with Gasteiger partial charge in [-0.3, -0.25) is 4.40 Å². The monoisotopic (exact) mass is 463 g/mol. The van der Waals surface area contributed by atoms with E-state index in [-0.39, 0.29) is 0 Å². The van der Waals surface area contributed by atoms with Crippen LogP contribution in [0.2, 0.25) is 5.02 Å². The fraction of sp³-hybridized carbons (Fsp3) is 0.208. The molecular weight excluding hydrogens is 442 g/mol. The number of rotatable bonds is 8. The molecule has 0 saturated heterocycles. The molecule has 8 heteroatoms. The Labute approximate surface area is 195 Å². The molecule has 0 aliphatic carbocycles. The normalized spacial score (nSPS) is 11.4. The Morgan fingerprint density at radius 1 is 1.00 bits per heavy atom. The lowest BCUT2D eigenvalue weighted by molar-refractivity contribution is 0.309. The first-order chi connectivity index (χ1) is 15.7. The Morgan fingerprint density at radius 2 is 1.81 bits per heavy atom. The van der Waals surface area contributed by atoms with Gasteiger partial charge in [0.15, 0.2) is 10.8 Å². The van der Waals surface area contributed by atoms with E-state index >= 15 is 0 Å². The summed E-state index contributed by atoms with van der Waals surface area (Å²) in [5.74, 6) is 1.67. The Bertz CT molecular complexity index is 1350. The summed E-state index contributed by atoms with van der Waals surface area (Å²) in [4.78, 5) is 0. The van der Waals surface area contributed by atoms with Crippen molar-refractivity contribution in [1.82, 2.24) is 24.2 Å². The van der Waals surface area contributed by atoms with Crippen molar-refractivity contribution in [3.05, 3.63) is 77.6 Å². The van der Waals surface area contributed by atoms with Crippen LogP contribution in [0.25, 0.3) is 22.4 Å². The fourth-order valence-corrected chi connectivity index (χ4v) is 4.41. The van der Waals surface area contributed by atoms with Crippen LogP contribution in [-0.2, 0) is 5.75 Å². The number of hydrogen-bond donors (Lipinski definition) is 0. The Hall–Kier alpha value is -3.03. The van der Waals surface area contributed by atoms with Gasteiger partial charge < -0.3 is 4.74 Å². The molecule has 0 spiro atoms. The Morgan fingerprint density at radius 3 is 2.59 bits per heavy atom. The molecule has 2 aromatic carbocycles. The number of halogens is 1. The molecule has 0 atom stereocenters. The van der Waals surface area contributed by atoms with Crippen LogP contribution in [0.15, 0.2) is 72.1 Å². The molecule has 162 valence electrons. The van der Waals surface area contributed by atoms with E-state index in [1.54, 1.807) is 11.8 Å². The van der Waals surface area contributed by atoms with Crippen molar-refractivity contribution in [2.45, 2.75) is 30.7 Å². The highest BCUT2D eigenvalue weighted by atomic mass is 35.5. The van der Waals surface area contributed by atoms with Gasteiger partial charge in [0.05, 0.1) is 12.3 Å². The maximum Gasteiger partial charge on any atom is 0.196 e. The van der Waals surface area contributed by atoms with Crippen LogP contribution in [0.3, 0.4) is 0 Å². The van der Waals surface area contributed by atoms with Crippen molar-refractivity contribution in [3.8, 4) is 17.0 Å². The number of nitrogens with zero attached hydrogens (tertiary/aromatic N) is 5. The maximum atomic E-state index is 5.98. The summed E-state index contributed by atoms with van der Waals surface area (Å²) in [5.41, 5.74) is 4.80. The van der Waals surface area contributed by atoms with Crippen LogP contribution in [0, 0.1) is 0 Å². The number of aromatic nitrogens is 5. The minimum atomic E-state index is 0.740. The summed E-state index contributed by atoms with van der Waals surface area (Å²) in [6, 6.07) is 18.0. The van der Waals surface area contributed by atoms with Crippen molar-refractivity contribution < 1.29 is 4.74 Å². The van der Waals surface area contributed by atoms with E-state index in [9.17, 15) is 0 Å². The zero-order chi connectivity index (χ0) is 21.9. The predicted molar refractivity (Wildman–Crippen MR) is 129 cm³/mol. The maximum absolute atomic E-state index is 5.98. The molecular formula is C24H22ClN5OS. The molecule has 0 saturated carbocycles. The molecule has 3 aromatic heterocycles. The van der Waals surface area contributed by atoms with E-state index in [1.165, 1.54) is 5.56 Å². The third-order valence-electron chi connectivity index (χ3n) is 5.18. The van der Waals surface area contributed by atoms with E-state index in [1.807, 2.05) is 75.9 Å². The second kappa shape index (κ2) is 9.22. The van der Waals surface area contributed by atoms with Gasteiger partial charge in [-0.05, 0) is 54.4 Å². The third kappa shape index (κ3) is 4.31. The summed E-state index contributed by atoms with van der Waals surface area (Å²) in [6.45, 7) is 2.90. The second-order valence-corrected chi connectivity index (χ2v) is 8.85. The van der Waals surface area contributed by atoms with Crippen LogP contribution in [0.5, 0.6) is 5.75 Å². The molecule has 5 rings (SSSR count). The molecule has 0 radical (unpaired) electrons. The van der Waals surface area contributed by atoms with Crippen molar-refractivity contribution >= 4 is 34.5 Å². The molecule has 0 N–H and O–H groups in total. The molecule has 6 nitrogen and oxygen atoms in total. The van der Waals surface area contributed by atoms with Crippen molar-refractivity contribution in [3.63, 3.8) is 0 Å². The lowest BCUT2D eigenvalue weighted by Crippen LogP contribution is -1.96. The van der Waals surface area contributed by atoms with Crippen molar-refractivity contribution in [2.75, 3.05) is 6.61 Å². The smallest absolute Gasteiger partial charge is 0.196 e. The second-order valence-electron chi connectivity index (χ2n) is 7.48. The van der Waals surface area contributed by atoms with E-state index < -0.39 is 0 Å². The topological polar surface area (TPSA) is 56.7 Å². The zero-order valence-electron chi connectivity index (χ0n) is 17.6. The SMILES string of the molecule is CCCCOc1ccc(-c2cc3c4nnc(SCc5ccc(Cl)cc5)n4ccn3n2)cc1. The van der Waals surface area contributed by atoms with Gasteiger partial charge in [-0.2, -0.15) is 5.10 Å². The van der Waals surface area contributed by atoms with E-state index in [0.29, 0.717) is 0 Å². The summed E-state index contributed by atoms with van der Waals surface area (Å²) >= 11 is 7.62. The molecule has 32 heavy (non-hydrogen) atoms. The summed E-state index contributed by atoms with van der Waals surface area (Å²) < 4.78 is 9.61. The highest BCUT2D eigenvalue weighted by Gasteiger charge is 2.13. The number of thioether (sulfide) groups is 1. The van der Waals surface area contributed by atoms with Gasteiger partial charge in [-0.25, -0.2) is 4.52 Å². The standard InChI is InChI=1S/C24H22ClN5OS/c1-2-3-14-31-20-10-6-18(7-11-20)21-15-22-23-26-27-24(29(23)12-13-30(22)28-21)32-16-17-4-8-19(25)9-5-17/h4-13,15H,2-3,14,16H2,1H3. The summed E-state index contributed by atoms with van der Waals surface area (Å²) in [7, 11) is 0. The van der Waals surface area contributed by atoms with Gasteiger partial charge >= 0.3 is 0 Å². The molecule has 0 amide bonds. The summed E-state index contributed by atoms with van der Waals surface area (Å²) in [6.07, 6.45) is 6.07. The minimum Gasteiger partial charge on any atom is -0.494 e. The highest BCUT2D eigenvalue weighted by Crippen LogP contribution is 2.27. The van der Waals surface area contributed by atoms with Crippen LogP contribution < -0.4 is 4.74 Å². The van der Waals surface area contributed by atoms with E-state index in [0.717, 1.165) is 63.6 Å². The van der Waals surface area contributed by atoms with Gasteiger partial charge in [0.2, 0.25) is 0 Å². The molecule has 0 fully saturated rings. The molecule has 0 aliphatic rings. The number of fused-ring (bicyclic) bond motifs is 3. The van der Waals surface area contributed by atoms with Crippen LogP contribution in [-0.4, -0.2) is 30.8 Å². The quantitative estimate of drug-likeness (QED) is 0.203. The average molecular weight is 464 g/mol. The molecule has 0 unspecified atom stereocenters. The first-order valence-electron chi connectivity index (χ1n) is 10.5. The number of ether oxygens (including phenoxy) is 1. The third-order valence-corrected chi connectivity index (χ3v) is 6.45. The molecule has 5 aromatic rings. The van der Waals surface area contributed by atoms with Gasteiger partial charge in [0.1, 0.15) is 11.3 Å². The number of benzene rings is 2. The average Bonchev–Trinajstić information content (AvgIpc) is 3.43.